The van der Waals surface area contributed by atoms with Crippen LogP contribution in [0, 0.1) is 5.41 Å². The molecule has 0 saturated carbocycles. The molecule has 1 N–H and O–H groups in total. The quantitative estimate of drug-likeness (QED) is 0.707. The van der Waals surface area contributed by atoms with Crippen molar-refractivity contribution >= 4 is 11.8 Å². The van der Waals surface area contributed by atoms with E-state index in [0.29, 0.717) is 5.41 Å². The highest BCUT2D eigenvalue weighted by molar-refractivity contribution is 7.99. The molecule has 0 bridgehead atoms. The zero-order chi connectivity index (χ0) is 12.6. The summed E-state index contributed by atoms with van der Waals surface area (Å²) in [6, 6.07) is 0. The highest BCUT2D eigenvalue weighted by Gasteiger charge is 2.25. The minimum atomic E-state index is 0.449. The van der Waals surface area contributed by atoms with Crippen LogP contribution in [0.5, 0.6) is 0 Å². The Bertz CT molecular complexity index is 191. The summed E-state index contributed by atoms with van der Waals surface area (Å²) in [5.74, 6) is 2.68. The first-order valence-corrected chi connectivity index (χ1v) is 8.36. The molecule has 1 rings (SSSR count). The number of rotatable bonds is 7. The fourth-order valence-corrected chi connectivity index (χ4v) is 3.28. The Morgan fingerprint density at radius 1 is 1.24 bits per heavy atom. The van der Waals surface area contributed by atoms with Crippen molar-refractivity contribution in [2.45, 2.75) is 40.0 Å². The van der Waals surface area contributed by atoms with Gasteiger partial charge in [-0.3, -0.25) is 0 Å². The summed E-state index contributed by atoms with van der Waals surface area (Å²) in [5.41, 5.74) is 0.449. The standard InChI is InChI=1S/C14H30N2S/c1-4-7-15-12-14(3,5-2)13-16-8-6-10-17-11-9-16/h15H,4-13H2,1-3H3. The van der Waals surface area contributed by atoms with Gasteiger partial charge in [0.25, 0.3) is 0 Å². The van der Waals surface area contributed by atoms with Crippen molar-refractivity contribution in [2.75, 3.05) is 44.2 Å². The summed E-state index contributed by atoms with van der Waals surface area (Å²) in [4.78, 5) is 2.68. The lowest BCUT2D eigenvalue weighted by molar-refractivity contribution is 0.163. The zero-order valence-electron chi connectivity index (χ0n) is 11.9. The molecule has 1 aliphatic rings. The number of hydrogen-bond acceptors (Lipinski definition) is 3. The zero-order valence-corrected chi connectivity index (χ0v) is 12.7. The van der Waals surface area contributed by atoms with E-state index in [4.69, 9.17) is 0 Å². The van der Waals surface area contributed by atoms with Gasteiger partial charge in [0.2, 0.25) is 0 Å². The van der Waals surface area contributed by atoms with Gasteiger partial charge in [-0.15, -0.1) is 0 Å². The van der Waals surface area contributed by atoms with Gasteiger partial charge in [0.05, 0.1) is 0 Å². The minimum Gasteiger partial charge on any atom is -0.316 e. The largest absolute Gasteiger partial charge is 0.316 e. The van der Waals surface area contributed by atoms with E-state index in [9.17, 15) is 0 Å². The van der Waals surface area contributed by atoms with Gasteiger partial charge in [-0.1, -0.05) is 20.8 Å². The van der Waals surface area contributed by atoms with Crippen molar-refractivity contribution in [1.29, 1.82) is 0 Å². The molecule has 1 aliphatic heterocycles. The lowest BCUT2D eigenvalue weighted by Gasteiger charge is -2.34. The lowest BCUT2D eigenvalue weighted by atomic mass is 9.86. The van der Waals surface area contributed by atoms with Gasteiger partial charge in [-0.2, -0.15) is 11.8 Å². The summed E-state index contributed by atoms with van der Waals surface area (Å²) < 4.78 is 0. The van der Waals surface area contributed by atoms with Crippen LogP contribution >= 0.6 is 11.8 Å². The van der Waals surface area contributed by atoms with Crippen LogP contribution in [0.4, 0.5) is 0 Å². The van der Waals surface area contributed by atoms with E-state index in [2.05, 4.69) is 42.7 Å². The molecular weight excluding hydrogens is 228 g/mol. The van der Waals surface area contributed by atoms with Crippen LogP contribution in [0.15, 0.2) is 0 Å². The number of hydrogen-bond donors (Lipinski definition) is 1. The van der Waals surface area contributed by atoms with Crippen LogP contribution in [-0.2, 0) is 0 Å². The molecule has 3 heteroatoms. The maximum absolute atomic E-state index is 3.60. The Morgan fingerprint density at radius 3 is 2.76 bits per heavy atom. The fraction of sp³-hybridized carbons (Fsp3) is 1.00. The summed E-state index contributed by atoms with van der Waals surface area (Å²) in [6.45, 7) is 13.2. The molecule has 0 aromatic rings. The van der Waals surface area contributed by atoms with Gasteiger partial charge in [-0.25, -0.2) is 0 Å². The number of nitrogens with one attached hydrogen (secondary N) is 1. The molecule has 0 aliphatic carbocycles. The van der Waals surface area contributed by atoms with Crippen LogP contribution in [0.3, 0.4) is 0 Å². The van der Waals surface area contributed by atoms with Crippen molar-refractivity contribution < 1.29 is 0 Å². The van der Waals surface area contributed by atoms with Crippen LogP contribution < -0.4 is 5.32 Å². The first-order chi connectivity index (χ1) is 8.20. The average molecular weight is 258 g/mol. The molecule has 1 saturated heterocycles. The molecule has 2 nitrogen and oxygen atoms in total. The van der Waals surface area contributed by atoms with Crippen LogP contribution in [0.2, 0.25) is 0 Å². The van der Waals surface area contributed by atoms with Gasteiger partial charge in [0.1, 0.15) is 0 Å². The van der Waals surface area contributed by atoms with Crippen molar-refractivity contribution in [3.05, 3.63) is 0 Å². The topological polar surface area (TPSA) is 15.3 Å². The van der Waals surface area contributed by atoms with E-state index in [1.807, 2.05) is 0 Å². The summed E-state index contributed by atoms with van der Waals surface area (Å²) in [7, 11) is 0. The summed E-state index contributed by atoms with van der Waals surface area (Å²) in [6.07, 6.45) is 3.88. The molecule has 1 atom stereocenters. The maximum Gasteiger partial charge on any atom is 0.00726 e. The highest BCUT2D eigenvalue weighted by Crippen LogP contribution is 2.23. The Morgan fingerprint density at radius 2 is 2.06 bits per heavy atom. The third-order valence-corrected chi connectivity index (χ3v) is 4.80. The normalized spacial score (nSPS) is 22.1. The summed E-state index contributed by atoms with van der Waals surface area (Å²) in [5, 5.41) is 3.60. The Kier molecular flexibility index (Phi) is 7.56. The number of nitrogens with zero attached hydrogens (tertiary/aromatic N) is 1. The van der Waals surface area contributed by atoms with Crippen LogP contribution in [0.1, 0.15) is 40.0 Å². The molecule has 1 unspecified atom stereocenters. The fourth-order valence-electron chi connectivity index (χ4n) is 2.36. The monoisotopic (exact) mass is 258 g/mol. The molecular formula is C14H30N2S. The van der Waals surface area contributed by atoms with Crippen molar-refractivity contribution in [2.24, 2.45) is 5.41 Å². The second-order valence-electron chi connectivity index (χ2n) is 5.58. The molecule has 0 aromatic carbocycles. The molecule has 1 fully saturated rings. The highest BCUT2D eigenvalue weighted by atomic mass is 32.2. The minimum absolute atomic E-state index is 0.449. The molecule has 0 aromatic heterocycles. The van der Waals surface area contributed by atoms with Gasteiger partial charge in [-0.05, 0) is 43.5 Å². The SMILES string of the molecule is CCCNCC(C)(CC)CN1CCCSCC1. The van der Waals surface area contributed by atoms with Crippen molar-refractivity contribution in [1.82, 2.24) is 10.2 Å². The smallest absolute Gasteiger partial charge is 0.00726 e. The van der Waals surface area contributed by atoms with E-state index >= 15 is 0 Å². The van der Waals surface area contributed by atoms with Gasteiger partial charge in [0, 0.05) is 25.4 Å². The van der Waals surface area contributed by atoms with Gasteiger partial charge < -0.3 is 10.2 Å². The first kappa shape index (κ1) is 15.3. The van der Waals surface area contributed by atoms with E-state index in [1.165, 1.54) is 56.9 Å². The van der Waals surface area contributed by atoms with Crippen molar-refractivity contribution in [3.63, 3.8) is 0 Å². The number of thioether (sulfide) groups is 1. The second-order valence-corrected chi connectivity index (χ2v) is 6.81. The third-order valence-electron chi connectivity index (χ3n) is 3.75. The molecule has 0 spiro atoms. The molecule has 0 radical (unpaired) electrons. The Labute approximate surface area is 112 Å². The predicted octanol–water partition coefficient (Wildman–Crippen LogP) is 2.84. The van der Waals surface area contributed by atoms with Crippen molar-refractivity contribution in [3.8, 4) is 0 Å². The van der Waals surface area contributed by atoms with E-state index in [0.717, 1.165) is 6.54 Å². The van der Waals surface area contributed by atoms with Gasteiger partial charge >= 0.3 is 0 Å². The Balaban J connectivity index is 2.36. The molecule has 17 heavy (non-hydrogen) atoms. The van der Waals surface area contributed by atoms with Crippen LogP contribution in [-0.4, -0.2) is 49.1 Å². The lowest BCUT2D eigenvalue weighted by Crippen LogP contribution is -2.43. The second kappa shape index (κ2) is 8.39. The first-order valence-electron chi connectivity index (χ1n) is 7.21. The molecule has 0 amide bonds. The molecule has 102 valence electrons. The van der Waals surface area contributed by atoms with Crippen LogP contribution in [0.25, 0.3) is 0 Å². The van der Waals surface area contributed by atoms with E-state index < -0.39 is 0 Å². The third kappa shape index (κ3) is 6.12. The predicted molar refractivity (Wildman–Crippen MR) is 79.9 cm³/mol. The van der Waals surface area contributed by atoms with E-state index in [1.54, 1.807) is 0 Å². The maximum atomic E-state index is 3.60. The molecule has 1 heterocycles. The Hall–Kier alpha value is 0.270. The average Bonchev–Trinajstić information content (AvgIpc) is 2.58. The van der Waals surface area contributed by atoms with E-state index in [-0.39, 0.29) is 0 Å². The van der Waals surface area contributed by atoms with Gasteiger partial charge in [0.15, 0.2) is 0 Å². The summed E-state index contributed by atoms with van der Waals surface area (Å²) >= 11 is 2.12.